The van der Waals surface area contributed by atoms with E-state index in [0.29, 0.717) is 26.1 Å². The summed E-state index contributed by atoms with van der Waals surface area (Å²) in [5.74, 6) is -0.543. The molecule has 4 heteroatoms. The molecular weight excluding hydrogens is 146 g/mol. The van der Waals surface area contributed by atoms with Crippen molar-refractivity contribution in [3.63, 3.8) is 0 Å². The summed E-state index contributed by atoms with van der Waals surface area (Å²) in [6.45, 7) is 1.25. The van der Waals surface area contributed by atoms with Gasteiger partial charge in [0.05, 0.1) is 19.3 Å². The summed E-state index contributed by atoms with van der Waals surface area (Å²) in [6, 6.07) is -0.187. The highest BCUT2D eigenvalue weighted by Gasteiger charge is 2.47. The van der Waals surface area contributed by atoms with E-state index in [2.05, 4.69) is 0 Å². The molecule has 0 aromatic rings. The average molecular weight is 159 g/mol. The number of rotatable bonds is 0. The highest BCUT2D eigenvalue weighted by Crippen LogP contribution is 2.36. The Balaban J connectivity index is 2.06. The zero-order valence-electron chi connectivity index (χ0n) is 6.32. The van der Waals surface area contributed by atoms with Crippen LogP contribution < -0.4 is 5.73 Å². The van der Waals surface area contributed by atoms with Crippen molar-refractivity contribution in [2.24, 2.45) is 5.73 Å². The lowest BCUT2D eigenvalue weighted by Gasteiger charge is -2.20. The Morgan fingerprint density at radius 2 is 1.91 bits per heavy atom. The first-order valence-corrected chi connectivity index (χ1v) is 3.93. The second kappa shape index (κ2) is 2.42. The van der Waals surface area contributed by atoms with E-state index in [4.69, 9.17) is 15.2 Å². The highest BCUT2D eigenvalue weighted by molar-refractivity contribution is 4.94. The van der Waals surface area contributed by atoms with E-state index in [1.54, 1.807) is 0 Å². The van der Waals surface area contributed by atoms with Crippen molar-refractivity contribution in [3.05, 3.63) is 0 Å². The molecular formula is C7H13NO3. The fourth-order valence-electron chi connectivity index (χ4n) is 1.78. The number of hydrogen-bond donors (Lipinski definition) is 2. The topological polar surface area (TPSA) is 64.7 Å². The minimum atomic E-state index is -0.543. The van der Waals surface area contributed by atoms with Gasteiger partial charge in [-0.25, -0.2) is 0 Å². The molecule has 0 amide bonds. The maximum atomic E-state index is 9.34. The van der Waals surface area contributed by atoms with Gasteiger partial charge in [0, 0.05) is 18.9 Å². The molecule has 1 aliphatic carbocycles. The Morgan fingerprint density at radius 1 is 1.27 bits per heavy atom. The lowest BCUT2D eigenvalue weighted by Crippen LogP contribution is -2.29. The third-order valence-electron chi connectivity index (χ3n) is 2.37. The molecule has 0 aromatic heterocycles. The van der Waals surface area contributed by atoms with Crippen LogP contribution in [-0.4, -0.2) is 36.3 Å². The minimum Gasteiger partial charge on any atom is -0.391 e. The van der Waals surface area contributed by atoms with Crippen LogP contribution in [0.1, 0.15) is 12.8 Å². The average Bonchev–Trinajstić information content (AvgIpc) is 2.46. The van der Waals surface area contributed by atoms with Gasteiger partial charge >= 0.3 is 0 Å². The fraction of sp³-hybridized carbons (Fsp3) is 1.00. The van der Waals surface area contributed by atoms with Gasteiger partial charge in [-0.3, -0.25) is 0 Å². The Labute approximate surface area is 65.3 Å². The Morgan fingerprint density at radius 3 is 2.36 bits per heavy atom. The molecule has 0 bridgehead atoms. The summed E-state index contributed by atoms with van der Waals surface area (Å²) < 4.78 is 10.8. The van der Waals surface area contributed by atoms with Gasteiger partial charge in [-0.2, -0.15) is 0 Å². The molecule has 4 nitrogen and oxygen atoms in total. The first-order valence-electron chi connectivity index (χ1n) is 3.93. The molecule has 3 N–H and O–H groups in total. The second-order valence-electron chi connectivity index (χ2n) is 3.25. The first kappa shape index (κ1) is 7.49. The van der Waals surface area contributed by atoms with Crippen LogP contribution in [0.3, 0.4) is 0 Å². The zero-order valence-corrected chi connectivity index (χ0v) is 6.32. The Kier molecular flexibility index (Phi) is 1.64. The third kappa shape index (κ3) is 1.16. The van der Waals surface area contributed by atoms with E-state index in [1.165, 1.54) is 0 Å². The van der Waals surface area contributed by atoms with Gasteiger partial charge in [0.15, 0.2) is 5.79 Å². The van der Waals surface area contributed by atoms with Gasteiger partial charge < -0.3 is 20.3 Å². The molecule has 2 rings (SSSR count). The van der Waals surface area contributed by atoms with Gasteiger partial charge in [0.2, 0.25) is 0 Å². The Bertz CT molecular complexity index is 144. The van der Waals surface area contributed by atoms with Crippen LogP contribution in [0.5, 0.6) is 0 Å². The van der Waals surface area contributed by atoms with Crippen molar-refractivity contribution in [2.45, 2.75) is 30.8 Å². The van der Waals surface area contributed by atoms with Crippen LogP contribution >= 0.6 is 0 Å². The van der Waals surface area contributed by atoms with E-state index in [1.807, 2.05) is 0 Å². The summed E-state index contributed by atoms with van der Waals surface area (Å²) in [6.07, 6.45) is 0.676. The van der Waals surface area contributed by atoms with Crippen molar-refractivity contribution in [1.29, 1.82) is 0 Å². The predicted molar refractivity (Wildman–Crippen MR) is 37.9 cm³/mol. The van der Waals surface area contributed by atoms with Gasteiger partial charge in [0.25, 0.3) is 0 Å². The first-order chi connectivity index (χ1) is 5.22. The largest absolute Gasteiger partial charge is 0.391 e. The molecule has 1 heterocycles. The van der Waals surface area contributed by atoms with E-state index in [9.17, 15) is 5.11 Å². The quantitative estimate of drug-likeness (QED) is 0.486. The zero-order chi connectivity index (χ0) is 7.90. The summed E-state index contributed by atoms with van der Waals surface area (Å²) in [7, 11) is 0. The summed E-state index contributed by atoms with van der Waals surface area (Å²) in [4.78, 5) is 0. The predicted octanol–water partition coefficient (Wildman–Crippen LogP) is -0.789. The molecule has 2 fully saturated rings. The molecule has 0 radical (unpaired) electrons. The van der Waals surface area contributed by atoms with Crippen molar-refractivity contribution in [1.82, 2.24) is 0 Å². The lowest BCUT2D eigenvalue weighted by molar-refractivity contribution is -0.155. The molecule has 64 valence electrons. The van der Waals surface area contributed by atoms with Crippen LogP contribution in [-0.2, 0) is 9.47 Å². The molecule has 0 aromatic carbocycles. The number of aliphatic hydroxyl groups excluding tert-OH is 1. The standard InChI is InChI=1S/C7H13NO3/c8-5-3-7(4-6(5)9)10-1-2-11-7/h5-6,9H,1-4,8H2/t5-,6-/m1/s1. The molecule has 1 saturated heterocycles. The van der Waals surface area contributed by atoms with Crippen LogP contribution in [0, 0.1) is 0 Å². The van der Waals surface area contributed by atoms with Gasteiger partial charge in [-0.15, -0.1) is 0 Å². The van der Waals surface area contributed by atoms with Crippen LogP contribution in [0.15, 0.2) is 0 Å². The smallest absolute Gasteiger partial charge is 0.172 e. The number of nitrogens with two attached hydrogens (primary N) is 1. The monoisotopic (exact) mass is 159 g/mol. The molecule has 2 atom stereocenters. The molecule has 1 saturated carbocycles. The van der Waals surface area contributed by atoms with Gasteiger partial charge in [0.1, 0.15) is 0 Å². The van der Waals surface area contributed by atoms with Crippen LogP contribution in [0.25, 0.3) is 0 Å². The van der Waals surface area contributed by atoms with E-state index < -0.39 is 11.9 Å². The van der Waals surface area contributed by atoms with Gasteiger partial charge in [-0.1, -0.05) is 0 Å². The van der Waals surface area contributed by atoms with Crippen LogP contribution in [0.2, 0.25) is 0 Å². The highest BCUT2D eigenvalue weighted by atomic mass is 16.7. The summed E-state index contributed by atoms with van der Waals surface area (Å²) in [5.41, 5.74) is 5.62. The molecule has 0 unspecified atom stereocenters. The summed E-state index contributed by atoms with van der Waals surface area (Å²) in [5, 5.41) is 9.34. The van der Waals surface area contributed by atoms with Crippen molar-refractivity contribution < 1.29 is 14.6 Å². The fourth-order valence-corrected chi connectivity index (χ4v) is 1.78. The SMILES string of the molecule is N[C@@H]1CC2(C[C@H]1O)OCCO2. The lowest BCUT2D eigenvalue weighted by atomic mass is 10.2. The molecule has 11 heavy (non-hydrogen) atoms. The van der Waals surface area contributed by atoms with E-state index >= 15 is 0 Å². The van der Waals surface area contributed by atoms with Crippen molar-refractivity contribution >= 4 is 0 Å². The molecule has 1 spiro atoms. The van der Waals surface area contributed by atoms with Crippen molar-refractivity contribution in [3.8, 4) is 0 Å². The summed E-state index contributed by atoms with van der Waals surface area (Å²) >= 11 is 0. The maximum Gasteiger partial charge on any atom is 0.172 e. The van der Waals surface area contributed by atoms with Gasteiger partial charge in [-0.05, 0) is 0 Å². The number of aliphatic hydroxyl groups is 1. The van der Waals surface area contributed by atoms with E-state index in [-0.39, 0.29) is 6.04 Å². The van der Waals surface area contributed by atoms with Crippen LogP contribution in [0.4, 0.5) is 0 Å². The number of hydrogen-bond acceptors (Lipinski definition) is 4. The normalized spacial score (nSPS) is 42.0. The molecule has 1 aliphatic heterocycles. The van der Waals surface area contributed by atoms with E-state index in [0.717, 1.165) is 0 Å². The van der Waals surface area contributed by atoms with Crippen molar-refractivity contribution in [2.75, 3.05) is 13.2 Å². The second-order valence-corrected chi connectivity index (χ2v) is 3.25. The third-order valence-corrected chi connectivity index (χ3v) is 2.37. The maximum absolute atomic E-state index is 9.34. The molecule has 2 aliphatic rings. The minimum absolute atomic E-state index is 0.187. The number of ether oxygens (including phenoxy) is 2. The Hall–Kier alpha value is -0.160.